The summed E-state index contributed by atoms with van der Waals surface area (Å²) < 4.78 is 0. The molecule has 2 heteroatoms. The van der Waals surface area contributed by atoms with Crippen LogP contribution < -0.4 is 0 Å². The third-order valence-corrected chi connectivity index (χ3v) is 2.75. The van der Waals surface area contributed by atoms with E-state index in [1.807, 2.05) is 37.3 Å². The molecule has 0 aliphatic carbocycles. The van der Waals surface area contributed by atoms with E-state index in [1.165, 1.54) is 0 Å². The molecule has 0 aliphatic heterocycles. The summed E-state index contributed by atoms with van der Waals surface area (Å²) in [6.45, 7) is 2.03. The van der Waals surface area contributed by atoms with Crippen LogP contribution in [0.1, 0.15) is 11.1 Å². The van der Waals surface area contributed by atoms with Gasteiger partial charge in [-0.15, -0.1) is 0 Å². The zero-order valence-electron chi connectivity index (χ0n) is 9.64. The van der Waals surface area contributed by atoms with Gasteiger partial charge in [0, 0.05) is 0 Å². The van der Waals surface area contributed by atoms with Crippen molar-refractivity contribution in [1.82, 2.24) is 0 Å². The van der Waals surface area contributed by atoms with Crippen LogP contribution in [0.15, 0.2) is 42.5 Å². The standard InChI is InChI=1S/C15H13NO/c1-11-10-12(8-9-16)2-7-15(11)13-3-5-14(17)6-4-13/h2-7,10,17H,8H2,1H3. The Hall–Kier alpha value is -2.27. The van der Waals surface area contributed by atoms with E-state index in [-0.39, 0.29) is 5.75 Å². The lowest BCUT2D eigenvalue weighted by atomic mass is 9.98. The molecule has 0 heterocycles. The monoisotopic (exact) mass is 223 g/mol. The average molecular weight is 223 g/mol. The fraction of sp³-hybridized carbons (Fsp3) is 0.133. The van der Waals surface area contributed by atoms with Crippen LogP contribution in [0, 0.1) is 18.3 Å². The van der Waals surface area contributed by atoms with Gasteiger partial charge in [-0.1, -0.05) is 30.3 Å². The van der Waals surface area contributed by atoms with Crippen molar-refractivity contribution in [2.24, 2.45) is 0 Å². The molecule has 0 bridgehead atoms. The Morgan fingerprint density at radius 1 is 1.12 bits per heavy atom. The van der Waals surface area contributed by atoms with Crippen molar-refractivity contribution < 1.29 is 5.11 Å². The second-order valence-electron chi connectivity index (χ2n) is 4.03. The van der Waals surface area contributed by atoms with Crippen LogP contribution in [-0.2, 0) is 6.42 Å². The van der Waals surface area contributed by atoms with E-state index in [4.69, 9.17) is 5.26 Å². The Bertz CT molecular complexity index is 564. The fourth-order valence-corrected chi connectivity index (χ4v) is 1.89. The Balaban J connectivity index is 2.40. The van der Waals surface area contributed by atoms with E-state index in [2.05, 4.69) is 6.07 Å². The smallest absolute Gasteiger partial charge is 0.115 e. The minimum absolute atomic E-state index is 0.271. The molecule has 84 valence electrons. The van der Waals surface area contributed by atoms with E-state index >= 15 is 0 Å². The Morgan fingerprint density at radius 3 is 2.41 bits per heavy atom. The minimum Gasteiger partial charge on any atom is -0.508 e. The molecule has 0 unspecified atom stereocenters. The summed E-state index contributed by atoms with van der Waals surface area (Å²) in [7, 11) is 0. The van der Waals surface area contributed by atoms with Gasteiger partial charge in [0.1, 0.15) is 5.75 Å². The molecular formula is C15H13NO. The van der Waals surface area contributed by atoms with Gasteiger partial charge in [0.15, 0.2) is 0 Å². The molecule has 0 fully saturated rings. The number of hydrogen-bond donors (Lipinski definition) is 1. The van der Waals surface area contributed by atoms with Gasteiger partial charge in [0.2, 0.25) is 0 Å². The zero-order valence-corrected chi connectivity index (χ0v) is 9.64. The van der Waals surface area contributed by atoms with Gasteiger partial charge in [0.25, 0.3) is 0 Å². The van der Waals surface area contributed by atoms with Gasteiger partial charge >= 0.3 is 0 Å². The summed E-state index contributed by atoms with van der Waals surface area (Å²) in [5.74, 6) is 0.271. The van der Waals surface area contributed by atoms with Gasteiger partial charge in [-0.05, 0) is 41.3 Å². The number of rotatable bonds is 2. The normalized spacial score (nSPS) is 9.88. The van der Waals surface area contributed by atoms with Gasteiger partial charge < -0.3 is 5.11 Å². The molecule has 1 N–H and O–H groups in total. The first-order valence-corrected chi connectivity index (χ1v) is 5.46. The lowest BCUT2D eigenvalue weighted by Crippen LogP contribution is -1.87. The molecule has 2 nitrogen and oxygen atoms in total. The topological polar surface area (TPSA) is 44.0 Å². The highest BCUT2D eigenvalue weighted by Crippen LogP contribution is 2.25. The van der Waals surface area contributed by atoms with Crippen LogP contribution in [0.4, 0.5) is 0 Å². The molecule has 2 aromatic rings. The van der Waals surface area contributed by atoms with E-state index in [9.17, 15) is 5.11 Å². The molecule has 0 saturated heterocycles. The predicted octanol–water partition coefficient (Wildman–Crippen LogP) is 3.43. The SMILES string of the molecule is Cc1cc(CC#N)ccc1-c1ccc(O)cc1. The largest absolute Gasteiger partial charge is 0.508 e. The van der Waals surface area contributed by atoms with E-state index < -0.39 is 0 Å². The van der Waals surface area contributed by atoms with Crippen molar-refractivity contribution in [2.45, 2.75) is 13.3 Å². The Kier molecular flexibility index (Phi) is 3.11. The quantitative estimate of drug-likeness (QED) is 0.847. The number of nitrogens with zero attached hydrogens (tertiary/aromatic N) is 1. The van der Waals surface area contributed by atoms with Crippen molar-refractivity contribution >= 4 is 0 Å². The summed E-state index contributed by atoms with van der Waals surface area (Å²) in [6, 6.07) is 15.3. The highest BCUT2D eigenvalue weighted by molar-refractivity contribution is 5.68. The van der Waals surface area contributed by atoms with Crippen molar-refractivity contribution in [1.29, 1.82) is 5.26 Å². The van der Waals surface area contributed by atoms with Crippen LogP contribution in [0.3, 0.4) is 0 Å². The second-order valence-corrected chi connectivity index (χ2v) is 4.03. The maximum Gasteiger partial charge on any atom is 0.115 e. The van der Waals surface area contributed by atoms with Gasteiger partial charge in [-0.2, -0.15) is 5.26 Å². The number of hydrogen-bond acceptors (Lipinski definition) is 2. The van der Waals surface area contributed by atoms with E-state index in [0.717, 1.165) is 22.3 Å². The summed E-state index contributed by atoms with van der Waals surface area (Å²) in [6.07, 6.45) is 0.441. The van der Waals surface area contributed by atoms with Crippen LogP contribution in [0.2, 0.25) is 0 Å². The summed E-state index contributed by atoms with van der Waals surface area (Å²) >= 11 is 0. The third kappa shape index (κ3) is 2.46. The Labute approximate surface area is 101 Å². The predicted molar refractivity (Wildman–Crippen MR) is 67.6 cm³/mol. The zero-order chi connectivity index (χ0) is 12.3. The van der Waals surface area contributed by atoms with Crippen LogP contribution in [0.25, 0.3) is 11.1 Å². The van der Waals surface area contributed by atoms with Gasteiger partial charge in [-0.25, -0.2) is 0 Å². The summed E-state index contributed by atoms with van der Waals surface area (Å²) in [5, 5.41) is 17.9. The van der Waals surface area contributed by atoms with Crippen molar-refractivity contribution in [2.75, 3.05) is 0 Å². The number of phenols is 1. The molecule has 2 aromatic carbocycles. The van der Waals surface area contributed by atoms with Gasteiger partial charge in [-0.3, -0.25) is 0 Å². The molecule has 0 atom stereocenters. The molecule has 0 spiro atoms. The highest BCUT2D eigenvalue weighted by atomic mass is 16.3. The summed E-state index contributed by atoms with van der Waals surface area (Å²) in [4.78, 5) is 0. The van der Waals surface area contributed by atoms with E-state index in [1.54, 1.807) is 12.1 Å². The van der Waals surface area contributed by atoms with Crippen LogP contribution in [0.5, 0.6) is 5.75 Å². The first kappa shape index (κ1) is 11.2. The molecular weight excluding hydrogens is 210 g/mol. The second kappa shape index (κ2) is 4.71. The van der Waals surface area contributed by atoms with E-state index in [0.29, 0.717) is 6.42 Å². The maximum absolute atomic E-state index is 9.25. The van der Waals surface area contributed by atoms with Crippen LogP contribution in [-0.4, -0.2) is 5.11 Å². The Morgan fingerprint density at radius 2 is 1.82 bits per heavy atom. The molecule has 17 heavy (non-hydrogen) atoms. The fourth-order valence-electron chi connectivity index (χ4n) is 1.89. The number of phenolic OH excluding ortho intramolecular Hbond substituents is 1. The summed E-state index contributed by atoms with van der Waals surface area (Å²) in [5.41, 5.74) is 4.38. The average Bonchev–Trinajstić information content (AvgIpc) is 2.31. The first-order chi connectivity index (χ1) is 8.20. The molecule has 0 aliphatic rings. The molecule has 0 amide bonds. The lowest BCUT2D eigenvalue weighted by molar-refractivity contribution is 0.475. The number of aromatic hydroxyl groups is 1. The molecule has 0 radical (unpaired) electrons. The molecule has 0 saturated carbocycles. The lowest BCUT2D eigenvalue weighted by Gasteiger charge is -2.07. The number of aryl methyl sites for hydroxylation is 1. The highest BCUT2D eigenvalue weighted by Gasteiger charge is 2.03. The molecule has 2 rings (SSSR count). The van der Waals surface area contributed by atoms with Gasteiger partial charge in [0.05, 0.1) is 12.5 Å². The molecule has 0 aromatic heterocycles. The van der Waals surface area contributed by atoms with Crippen molar-refractivity contribution in [3.63, 3.8) is 0 Å². The minimum atomic E-state index is 0.271. The van der Waals surface area contributed by atoms with Crippen molar-refractivity contribution in [3.8, 4) is 22.9 Å². The van der Waals surface area contributed by atoms with Crippen LogP contribution >= 0.6 is 0 Å². The number of nitriles is 1. The maximum atomic E-state index is 9.25. The van der Waals surface area contributed by atoms with Crippen molar-refractivity contribution in [3.05, 3.63) is 53.6 Å². The number of benzene rings is 2. The first-order valence-electron chi connectivity index (χ1n) is 5.46. The third-order valence-electron chi connectivity index (χ3n) is 2.75.